The molecule has 20 heavy (non-hydrogen) atoms. The number of hydrogen-bond acceptors (Lipinski definition) is 4. The van der Waals surface area contributed by atoms with Crippen LogP contribution in [0.25, 0.3) is 0 Å². The number of carbonyl (C=O) groups excluding carboxylic acids is 1. The zero-order valence-corrected chi connectivity index (χ0v) is 10.8. The van der Waals surface area contributed by atoms with Crippen LogP contribution >= 0.6 is 0 Å². The number of allylic oxidation sites excluding steroid dienone is 1. The van der Waals surface area contributed by atoms with E-state index in [0.29, 0.717) is 24.1 Å². The van der Waals surface area contributed by atoms with Gasteiger partial charge in [0.15, 0.2) is 0 Å². The molecule has 0 spiro atoms. The number of alkyl halides is 3. The van der Waals surface area contributed by atoms with E-state index < -0.39 is 12.1 Å². The van der Waals surface area contributed by atoms with Crippen LogP contribution in [-0.2, 0) is 4.79 Å². The number of hydrogen-bond donors (Lipinski definition) is 3. The molecule has 1 aromatic rings. The molecule has 0 atom stereocenters. The van der Waals surface area contributed by atoms with Crippen LogP contribution in [0.15, 0.2) is 24.4 Å². The molecular formula is C12H15F3N4O. The van der Waals surface area contributed by atoms with Crippen molar-refractivity contribution in [2.24, 2.45) is 0 Å². The van der Waals surface area contributed by atoms with Crippen molar-refractivity contribution >= 4 is 17.4 Å². The summed E-state index contributed by atoms with van der Waals surface area (Å²) in [5.41, 5.74) is 7.04. The molecule has 8 heteroatoms. The first-order valence-corrected chi connectivity index (χ1v) is 5.78. The number of pyridine rings is 1. The van der Waals surface area contributed by atoms with Crippen molar-refractivity contribution in [2.75, 3.05) is 24.1 Å². The Labute approximate surface area is 114 Å². The normalized spacial score (nSPS) is 11.6. The Kier molecular flexibility index (Phi) is 5.36. The van der Waals surface area contributed by atoms with Gasteiger partial charge in [-0.05, 0) is 18.6 Å². The number of halogens is 3. The first-order chi connectivity index (χ1) is 9.28. The minimum absolute atomic E-state index is 0.110. The van der Waals surface area contributed by atoms with Crippen LogP contribution in [-0.4, -0.2) is 30.2 Å². The summed E-state index contributed by atoms with van der Waals surface area (Å²) in [7, 11) is 0. The lowest BCUT2D eigenvalue weighted by Gasteiger charge is -2.07. The topological polar surface area (TPSA) is 80.0 Å². The number of carbonyl (C=O) groups is 1. The van der Waals surface area contributed by atoms with Crippen LogP contribution < -0.4 is 16.4 Å². The van der Waals surface area contributed by atoms with E-state index in [-0.39, 0.29) is 12.6 Å². The molecule has 0 aliphatic heterocycles. The van der Waals surface area contributed by atoms with Gasteiger partial charge in [-0.2, -0.15) is 13.2 Å². The lowest BCUT2D eigenvalue weighted by Crippen LogP contribution is -2.27. The molecule has 1 rings (SSSR count). The predicted octanol–water partition coefficient (Wildman–Crippen LogP) is 1.62. The average molecular weight is 288 g/mol. The van der Waals surface area contributed by atoms with Gasteiger partial charge in [-0.25, -0.2) is 4.98 Å². The highest BCUT2D eigenvalue weighted by molar-refractivity contribution is 5.87. The van der Waals surface area contributed by atoms with Crippen LogP contribution in [0.3, 0.4) is 0 Å². The molecule has 0 saturated heterocycles. The first kappa shape index (κ1) is 15.8. The van der Waals surface area contributed by atoms with Gasteiger partial charge in [-0.15, -0.1) is 0 Å². The van der Waals surface area contributed by atoms with E-state index in [4.69, 9.17) is 5.73 Å². The van der Waals surface area contributed by atoms with Crippen molar-refractivity contribution in [3.05, 3.63) is 30.0 Å². The summed E-state index contributed by atoms with van der Waals surface area (Å²) < 4.78 is 35.4. The highest BCUT2D eigenvalue weighted by atomic mass is 19.4. The summed E-state index contributed by atoms with van der Waals surface area (Å²) in [6.45, 7) is 2.33. The standard InChI is InChI=1S/C12H15F3N4O/c1-8-6-10(19-7-9(8)16)17-4-5-18-11(20)2-3-12(13,14)15/h2-3,6-7H,4-5,16H2,1H3,(H,17,19)(H,18,20)/b3-2+. The van der Waals surface area contributed by atoms with E-state index in [0.717, 1.165) is 5.56 Å². The van der Waals surface area contributed by atoms with E-state index >= 15 is 0 Å². The molecule has 110 valence electrons. The van der Waals surface area contributed by atoms with Crippen molar-refractivity contribution in [1.29, 1.82) is 0 Å². The number of nitrogens with zero attached hydrogens (tertiary/aromatic N) is 1. The molecule has 0 aromatic carbocycles. The molecule has 1 aromatic heterocycles. The predicted molar refractivity (Wildman–Crippen MR) is 70.1 cm³/mol. The van der Waals surface area contributed by atoms with Gasteiger partial charge in [0.25, 0.3) is 0 Å². The number of aromatic nitrogens is 1. The second kappa shape index (κ2) is 6.78. The average Bonchev–Trinajstić information content (AvgIpc) is 2.35. The fraction of sp³-hybridized carbons (Fsp3) is 0.333. The van der Waals surface area contributed by atoms with Gasteiger partial charge < -0.3 is 16.4 Å². The Hall–Kier alpha value is -2.25. The molecule has 0 radical (unpaired) electrons. The fourth-order valence-electron chi connectivity index (χ4n) is 1.27. The highest BCUT2D eigenvalue weighted by Crippen LogP contribution is 2.15. The Morgan fingerprint density at radius 1 is 1.45 bits per heavy atom. The van der Waals surface area contributed by atoms with Crippen LogP contribution in [0, 0.1) is 6.92 Å². The molecule has 0 unspecified atom stereocenters. The zero-order chi connectivity index (χ0) is 15.2. The smallest absolute Gasteiger partial charge is 0.397 e. The third kappa shape index (κ3) is 6.07. The fourth-order valence-corrected chi connectivity index (χ4v) is 1.27. The molecule has 0 aliphatic carbocycles. The van der Waals surface area contributed by atoms with Crippen LogP contribution in [0.5, 0.6) is 0 Å². The van der Waals surface area contributed by atoms with Crippen LogP contribution in [0.2, 0.25) is 0 Å². The maximum Gasteiger partial charge on any atom is 0.409 e. The molecule has 4 N–H and O–H groups in total. The minimum Gasteiger partial charge on any atom is -0.397 e. The largest absolute Gasteiger partial charge is 0.409 e. The molecule has 1 amide bonds. The maximum atomic E-state index is 11.8. The molecular weight excluding hydrogens is 273 g/mol. The van der Waals surface area contributed by atoms with E-state index in [2.05, 4.69) is 15.6 Å². The van der Waals surface area contributed by atoms with E-state index in [9.17, 15) is 18.0 Å². The number of rotatable bonds is 5. The van der Waals surface area contributed by atoms with Crippen molar-refractivity contribution in [3.63, 3.8) is 0 Å². The number of nitrogens with two attached hydrogens (primary N) is 1. The Morgan fingerprint density at radius 3 is 2.75 bits per heavy atom. The van der Waals surface area contributed by atoms with Crippen molar-refractivity contribution in [1.82, 2.24) is 10.3 Å². The third-order valence-electron chi connectivity index (χ3n) is 2.31. The van der Waals surface area contributed by atoms with E-state index in [1.807, 2.05) is 6.92 Å². The van der Waals surface area contributed by atoms with Gasteiger partial charge in [0.2, 0.25) is 5.91 Å². The number of nitrogens with one attached hydrogen (secondary N) is 2. The maximum absolute atomic E-state index is 11.8. The Bertz CT molecular complexity index is 500. The number of amides is 1. The van der Waals surface area contributed by atoms with Gasteiger partial charge in [0.05, 0.1) is 11.9 Å². The summed E-state index contributed by atoms with van der Waals surface area (Å²) in [4.78, 5) is 15.1. The van der Waals surface area contributed by atoms with Crippen molar-refractivity contribution in [3.8, 4) is 0 Å². The molecule has 5 nitrogen and oxygen atoms in total. The Morgan fingerprint density at radius 2 is 2.15 bits per heavy atom. The summed E-state index contributed by atoms with van der Waals surface area (Å²) in [6, 6.07) is 1.74. The minimum atomic E-state index is -4.49. The van der Waals surface area contributed by atoms with E-state index in [1.165, 1.54) is 6.20 Å². The molecule has 0 saturated carbocycles. The molecule has 0 bridgehead atoms. The first-order valence-electron chi connectivity index (χ1n) is 5.78. The summed E-state index contributed by atoms with van der Waals surface area (Å²) in [6.07, 6.45) is -2.64. The molecule has 0 aliphatic rings. The summed E-state index contributed by atoms with van der Waals surface area (Å²) in [5.74, 6) is -0.220. The molecule has 0 fully saturated rings. The lowest BCUT2D eigenvalue weighted by atomic mass is 10.2. The van der Waals surface area contributed by atoms with Crippen molar-refractivity contribution in [2.45, 2.75) is 13.1 Å². The summed E-state index contributed by atoms with van der Waals surface area (Å²) in [5, 5.41) is 5.22. The van der Waals surface area contributed by atoms with Gasteiger partial charge in [-0.1, -0.05) is 0 Å². The number of anilines is 2. The summed E-state index contributed by atoms with van der Waals surface area (Å²) >= 11 is 0. The van der Waals surface area contributed by atoms with E-state index in [1.54, 1.807) is 6.07 Å². The second-order valence-corrected chi connectivity index (χ2v) is 4.02. The third-order valence-corrected chi connectivity index (χ3v) is 2.31. The van der Waals surface area contributed by atoms with Crippen molar-refractivity contribution < 1.29 is 18.0 Å². The van der Waals surface area contributed by atoms with Crippen LogP contribution in [0.1, 0.15) is 5.56 Å². The second-order valence-electron chi connectivity index (χ2n) is 4.02. The van der Waals surface area contributed by atoms with Crippen LogP contribution in [0.4, 0.5) is 24.7 Å². The monoisotopic (exact) mass is 288 g/mol. The lowest BCUT2D eigenvalue weighted by molar-refractivity contribution is -0.117. The SMILES string of the molecule is Cc1cc(NCCNC(=O)/C=C/C(F)(F)F)ncc1N. The van der Waals surface area contributed by atoms with Gasteiger partial charge >= 0.3 is 6.18 Å². The molecule has 1 heterocycles. The quantitative estimate of drug-likeness (QED) is 0.568. The zero-order valence-electron chi connectivity index (χ0n) is 10.8. The van der Waals surface area contributed by atoms with Gasteiger partial charge in [0.1, 0.15) is 5.82 Å². The van der Waals surface area contributed by atoms with Gasteiger partial charge in [0, 0.05) is 25.2 Å². The number of nitrogen functional groups attached to an aromatic ring is 1. The Balaban J connectivity index is 2.30. The van der Waals surface area contributed by atoms with Gasteiger partial charge in [-0.3, -0.25) is 4.79 Å². The highest BCUT2D eigenvalue weighted by Gasteiger charge is 2.22. The number of aryl methyl sites for hydroxylation is 1.